The van der Waals surface area contributed by atoms with Crippen molar-refractivity contribution in [3.63, 3.8) is 0 Å². The highest BCUT2D eigenvalue weighted by Crippen LogP contribution is 2.30. The largest absolute Gasteiger partial charge is 0.351 e. The molecule has 1 unspecified atom stereocenters. The second-order valence-corrected chi connectivity index (χ2v) is 6.90. The van der Waals surface area contributed by atoms with Crippen molar-refractivity contribution in [3.05, 3.63) is 41.5 Å². The molecule has 7 heteroatoms. The van der Waals surface area contributed by atoms with Crippen molar-refractivity contribution in [2.75, 3.05) is 6.54 Å². The molecule has 1 atom stereocenters. The van der Waals surface area contributed by atoms with Gasteiger partial charge in [0.1, 0.15) is 11.6 Å². The van der Waals surface area contributed by atoms with E-state index in [9.17, 15) is 4.79 Å². The average Bonchev–Trinajstić information content (AvgIpc) is 3.28. The van der Waals surface area contributed by atoms with E-state index in [1.807, 2.05) is 12.3 Å². The van der Waals surface area contributed by atoms with E-state index in [-0.39, 0.29) is 11.9 Å². The number of nitrogens with one attached hydrogen (secondary N) is 2. The minimum absolute atomic E-state index is 0.0502. The number of likely N-dealkylation sites (tertiary alicyclic amines) is 1. The van der Waals surface area contributed by atoms with E-state index in [1.54, 1.807) is 6.20 Å². The zero-order valence-corrected chi connectivity index (χ0v) is 15.7. The Morgan fingerprint density at radius 1 is 1.42 bits per heavy atom. The second kappa shape index (κ2) is 8.89. The summed E-state index contributed by atoms with van der Waals surface area (Å²) in [6.07, 6.45) is 9.28. The Morgan fingerprint density at radius 3 is 3.12 bits per heavy atom. The van der Waals surface area contributed by atoms with Gasteiger partial charge in [-0.15, -0.1) is 0 Å². The number of hydrogen-bond acceptors (Lipinski definition) is 5. The number of unbranched alkanes of at least 4 members (excludes halogenated alkanes) is 1. The Bertz CT molecular complexity index is 728. The van der Waals surface area contributed by atoms with Crippen molar-refractivity contribution >= 4 is 5.91 Å². The molecule has 0 spiro atoms. The van der Waals surface area contributed by atoms with E-state index >= 15 is 0 Å². The first kappa shape index (κ1) is 18.5. The van der Waals surface area contributed by atoms with Gasteiger partial charge in [-0.1, -0.05) is 13.3 Å². The molecule has 1 fully saturated rings. The Kier molecular flexibility index (Phi) is 6.33. The summed E-state index contributed by atoms with van der Waals surface area (Å²) in [5.41, 5.74) is 2.00. The third-order valence-electron chi connectivity index (χ3n) is 4.73. The molecule has 0 aromatic carbocycles. The highest BCUT2D eigenvalue weighted by Gasteiger charge is 2.28. The molecule has 0 bridgehead atoms. The second-order valence-electron chi connectivity index (χ2n) is 6.90. The molecule has 0 radical (unpaired) electrons. The van der Waals surface area contributed by atoms with E-state index in [1.165, 1.54) is 13.3 Å². The fraction of sp³-hybridized carbons (Fsp3) is 0.579. The number of aryl methyl sites for hydroxylation is 1. The molecular formula is C19H28N6O. The summed E-state index contributed by atoms with van der Waals surface area (Å²) in [7, 11) is 0. The van der Waals surface area contributed by atoms with Crippen LogP contribution in [0.1, 0.15) is 68.6 Å². The molecule has 2 aromatic heterocycles. The van der Waals surface area contributed by atoms with Gasteiger partial charge in [0, 0.05) is 38.0 Å². The smallest absolute Gasteiger partial charge is 0.217 e. The number of rotatable bonds is 8. The van der Waals surface area contributed by atoms with E-state index in [0.29, 0.717) is 6.54 Å². The molecule has 26 heavy (non-hydrogen) atoms. The fourth-order valence-electron chi connectivity index (χ4n) is 3.37. The number of aromatic amines is 1. The molecule has 140 valence electrons. The van der Waals surface area contributed by atoms with Crippen LogP contribution in [0.2, 0.25) is 0 Å². The summed E-state index contributed by atoms with van der Waals surface area (Å²) in [5, 5.41) is 2.79. The number of carbonyl (C=O) groups excluding carboxylic acids is 1. The Morgan fingerprint density at radius 2 is 2.31 bits per heavy atom. The van der Waals surface area contributed by atoms with E-state index in [0.717, 1.165) is 61.8 Å². The summed E-state index contributed by atoms with van der Waals surface area (Å²) < 4.78 is 0. The summed E-state index contributed by atoms with van der Waals surface area (Å²) >= 11 is 0. The number of amides is 1. The van der Waals surface area contributed by atoms with Gasteiger partial charge in [0.05, 0.1) is 18.3 Å². The molecule has 1 aliphatic rings. The number of hydrogen-bond donors (Lipinski definition) is 2. The molecule has 3 rings (SSSR count). The summed E-state index contributed by atoms with van der Waals surface area (Å²) in [6.45, 7) is 6.02. The minimum Gasteiger partial charge on any atom is -0.351 e. The molecule has 1 saturated heterocycles. The molecule has 1 amide bonds. The summed E-state index contributed by atoms with van der Waals surface area (Å²) in [4.78, 5) is 30.6. The Labute approximate surface area is 154 Å². The van der Waals surface area contributed by atoms with Crippen LogP contribution in [0.3, 0.4) is 0 Å². The van der Waals surface area contributed by atoms with Crippen LogP contribution in [0.15, 0.2) is 18.5 Å². The Hall–Kier alpha value is -2.28. The standard InChI is InChI=1S/C19H28N6O/c1-3-4-7-18-22-12-16(23-18)13-25-10-5-6-17(25)19-20-9-8-15(24-19)11-21-14(2)26/h8-9,12,17H,3-7,10-11,13H2,1-2H3,(H,21,26)(H,22,23). The van der Waals surface area contributed by atoms with Crippen LogP contribution in [0, 0.1) is 0 Å². The summed E-state index contributed by atoms with van der Waals surface area (Å²) in [6, 6.07) is 2.07. The van der Waals surface area contributed by atoms with Crippen LogP contribution < -0.4 is 5.32 Å². The van der Waals surface area contributed by atoms with Gasteiger partial charge < -0.3 is 10.3 Å². The quantitative estimate of drug-likeness (QED) is 0.759. The van der Waals surface area contributed by atoms with Gasteiger partial charge in [-0.3, -0.25) is 9.69 Å². The zero-order chi connectivity index (χ0) is 18.4. The van der Waals surface area contributed by atoms with Crippen LogP contribution in [-0.4, -0.2) is 37.3 Å². The van der Waals surface area contributed by atoms with Crippen LogP contribution in [-0.2, 0) is 24.3 Å². The van der Waals surface area contributed by atoms with Gasteiger partial charge in [0.15, 0.2) is 0 Å². The molecule has 2 aromatic rings. The first-order valence-electron chi connectivity index (χ1n) is 9.48. The van der Waals surface area contributed by atoms with Gasteiger partial charge in [-0.05, 0) is 31.9 Å². The van der Waals surface area contributed by atoms with Crippen LogP contribution in [0.25, 0.3) is 0 Å². The topological polar surface area (TPSA) is 86.8 Å². The van der Waals surface area contributed by atoms with Crippen molar-refractivity contribution in [3.8, 4) is 0 Å². The molecule has 0 saturated carbocycles. The van der Waals surface area contributed by atoms with Gasteiger partial charge in [-0.25, -0.2) is 15.0 Å². The lowest BCUT2D eigenvalue weighted by molar-refractivity contribution is -0.119. The Balaban J connectivity index is 1.65. The molecule has 3 heterocycles. The van der Waals surface area contributed by atoms with Crippen LogP contribution in [0.4, 0.5) is 0 Å². The maximum atomic E-state index is 11.1. The predicted molar refractivity (Wildman–Crippen MR) is 99.1 cm³/mol. The SMILES string of the molecule is CCCCc1ncc(CN2CCCC2c2nccc(CNC(C)=O)n2)[nH]1. The average molecular weight is 356 g/mol. The summed E-state index contributed by atoms with van der Waals surface area (Å²) in [5.74, 6) is 1.87. The molecule has 1 aliphatic heterocycles. The molecular weight excluding hydrogens is 328 g/mol. The number of carbonyl (C=O) groups is 1. The molecule has 7 nitrogen and oxygen atoms in total. The lowest BCUT2D eigenvalue weighted by atomic mass is 10.2. The fourth-order valence-corrected chi connectivity index (χ4v) is 3.37. The normalized spacial score (nSPS) is 17.5. The third-order valence-corrected chi connectivity index (χ3v) is 4.73. The van der Waals surface area contributed by atoms with Crippen molar-refractivity contribution < 1.29 is 4.79 Å². The minimum atomic E-state index is -0.0502. The van der Waals surface area contributed by atoms with Crippen molar-refractivity contribution in [2.24, 2.45) is 0 Å². The van der Waals surface area contributed by atoms with Gasteiger partial charge in [0.25, 0.3) is 0 Å². The monoisotopic (exact) mass is 356 g/mol. The maximum Gasteiger partial charge on any atom is 0.217 e. The first-order valence-corrected chi connectivity index (χ1v) is 9.48. The third kappa shape index (κ3) is 4.88. The number of imidazole rings is 1. The van der Waals surface area contributed by atoms with Crippen molar-refractivity contribution in [2.45, 2.75) is 65.1 Å². The molecule has 2 N–H and O–H groups in total. The van der Waals surface area contributed by atoms with E-state index in [4.69, 9.17) is 0 Å². The van der Waals surface area contributed by atoms with E-state index < -0.39 is 0 Å². The number of nitrogens with zero attached hydrogens (tertiary/aromatic N) is 4. The highest BCUT2D eigenvalue weighted by molar-refractivity contribution is 5.72. The lowest BCUT2D eigenvalue weighted by Crippen LogP contribution is -2.25. The van der Waals surface area contributed by atoms with Crippen LogP contribution in [0.5, 0.6) is 0 Å². The number of aromatic nitrogens is 4. The van der Waals surface area contributed by atoms with Gasteiger partial charge in [0.2, 0.25) is 5.91 Å². The lowest BCUT2D eigenvalue weighted by Gasteiger charge is -2.22. The number of H-pyrrole nitrogens is 1. The zero-order valence-electron chi connectivity index (χ0n) is 15.7. The predicted octanol–water partition coefficient (Wildman–Crippen LogP) is 2.52. The van der Waals surface area contributed by atoms with Gasteiger partial charge >= 0.3 is 0 Å². The highest BCUT2D eigenvalue weighted by atomic mass is 16.1. The van der Waals surface area contributed by atoms with Gasteiger partial charge in [-0.2, -0.15) is 0 Å². The molecule has 0 aliphatic carbocycles. The van der Waals surface area contributed by atoms with Crippen LogP contribution >= 0.6 is 0 Å². The maximum absolute atomic E-state index is 11.1. The van der Waals surface area contributed by atoms with E-state index in [2.05, 4.69) is 37.1 Å². The van der Waals surface area contributed by atoms with Crippen molar-refractivity contribution in [1.29, 1.82) is 0 Å². The first-order chi connectivity index (χ1) is 12.7. The van der Waals surface area contributed by atoms with Crippen molar-refractivity contribution in [1.82, 2.24) is 30.2 Å².